The Morgan fingerprint density at radius 3 is 1.83 bits per heavy atom. The maximum atomic E-state index is 14.3. The van der Waals surface area contributed by atoms with E-state index in [4.69, 9.17) is 41.1 Å². The second kappa shape index (κ2) is 21.3. The van der Waals surface area contributed by atoms with Crippen molar-refractivity contribution in [2.24, 2.45) is 0 Å². The molecule has 2 rings (SSSR count). The van der Waals surface area contributed by atoms with Crippen LogP contribution in [0.3, 0.4) is 0 Å². The molecule has 0 amide bonds. The molecule has 0 N–H and O–H groups in total. The van der Waals surface area contributed by atoms with Gasteiger partial charge in [-0.1, -0.05) is 66.7 Å². The topological polar surface area (TPSA) is 81.7 Å². The van der Waals surface area contributed by atoms with Crippen molar-refractivity contribution in [3.63, 3.8) is 0 Å². The van der Waals surface area contributed by atoms with Crippen molar-refractivity contribution in [3.05, 3.63) is 29.8 Å². The van der Waals surface area contributed by atoms with Crippen LogP contribution >= 0.6 is 0 Å². The van der Waals surface area contributed by atoms with E-state index >= 15 is 0 Å². The van der Waals surface area contributed by atoms with E-state index in [1.807, 2.05) is 0 Å². The van der Waals surface area contributed by atoms with Gasteiger partial charge in [0.15, 0.2) is 0 Å². The molecule has 1 aromatic rings. The molecule has 2 radical (unpaired) electrons. The Balaban J connectivity index is 2.51. The molecule has 1 aliphatic heterocycles. The Morgan fingerprint density at radius 1 is 0.738 bits per heavy atom. The van der Waals surface area contributed by atoms with Gasteiger partial charge in [-0.05, 0) is 56.4 Å². The quantitative estimate of drug-likeness (QED) is 0.0756. The fourth-order valence-electron chi connectivity index (χ4n) is 4.77. The van der Waals surface area contributed by atoms with E-state index in [0.29, 0.717) is 44.3 Å². The Hall–Kier alpha value is -1.49. The highest BCUT2D eigenvalue weighted by Crippen LogP contribution is 2.39. The fourth-order valence-corrected chi connectivity index (χ4v) is 4.77. The van der Waals surface area contributed by atoms with Gasteiger partial charge in [-0.3, -0.25) is 4.79 Å². The summed E-state index contributed by atoms with van der Waals surface area (Å²) < 4.78 is 43.3. The molecule has 0 bridgehead atoms. The first-order chi connectivity index (χ1) is 20.5. The molecule has 1 fully saturated rings. The zero-order valence-electron chi connectivity index (χ0n) is 26.8. The Labute approximate surface area is 255 Å². The molecule has 1 aliphatic rings. The average Bonchev–Trinajstić information content (AvgIpc) is 3.01. The van der Waals surface area contributed by atoms with Gasteiger partial charge in [0, 0.05) is 32.0 Å². The van der Waals surface area contributed by atoms with Crippen molar-refractivity contribution in [1.29, 1.82) is 0 Å². The van der Waals surface area contributed by atoms with E-state index in [1.165, 1.54) is 0 Å². The van der Waals surface area contributed by atoms with Crippen molar-refractivity contribution in [1.82, 2.24) is 0 Å². The highest BCUT2D eigenvalue weighted by Gasteiger charge is 2.61. The predicted octanol–water partition coefficient (Wildman–Crippen LogP) is 6.62. The summed E-state index contributed by atoms with van der Waals surface area (Å²) in [7, 11) is 6.02. The van der Waals surface area contributed by atoms with Crippen LogP contribution in [0.4, 0.5) is 0 Å². The van der Waals surface area contributed by atoms with Gasteiger partial charge < -0.3 is 33.1 Å². The van der Waals surface area contributed by atoms with E-state index < -0.39 is 36.0 Å². The summed E-state index contributed by atoms with van der Waals surface area (Å²) in [4.78, 5) is 14.3. The lowest BCUT2D eigenvalue weighted by atomic mass is 9.86. The molecular formula is C33H55BO8. The number of ether oxygens (including phenoxy) is 6. The molecule has 5 atom stereocenters. The molecule has 8 nitrogen and oxygen atoms in total. The van der Waals surface area contributed by atoms with Crippen LogP contribution < -0.4 is 4.74 Å². The third-order valence-corrected chi connectivity index (χ3v) is 7.40. The lowest BCUT2D eigenvalue weighted by molar-refractivity contribution is -0.334. The molecule has 0 aromatic heterocycles. The van der Waals surface area contributed by atoms with Crippen molar-refractivity contribution in [2.75, 3.05) is 39.6 Å². The van der Waals surface area contributed by atoms with E-state index in [2.05, 4.69) is 34.6 Å². The van der Waals surface area contributed by atoms with E-state index in [9.17, 15) is 4.79 Å². The highest BCUT2D eigenvalue weighted by atomic mass is 16.7. The number of carbonyl (C=O) groups excluding carboxylic acids is 1. The Bertz CT molecular complexity index is 838. The molecular weight excluding hydrogens is 535 g/mol. The van der Waals surface area contributed by atoms with Crippen molar-refractivity contribution >= 4 is 13.8 Å². The van der Waals surface area contributed by atoms with Gasteiger partial charge in [-0.25, -0.2) is 0 Å². The molecule has 1 saturated heterocycles. The molecule has 0 unspecified atom stereocenters. The van der Waals surface area contributed by atoms with Crippen molar-refractivity contribution in [2.45, 2.75) is 129 Å². The highest BCUT2D eigenvalue weighted by molar-refractivity contribution is 6.06. The third kappa shape index (κ3) is 10.9. The number of benzene rings is 1. The largest absolute Gasteiger partial charge is 0.494 e. The summed E-state index contributed by atoms with van der Waals surface area (Å²) >= 11 is 0. The van der Waals surface area contributed by atoms with E-state index in [0.717, 1.165) is 64.2 Å². The minimum absolute atomic E-state index is 0.203. The number of unbranched alkanes of at least 4 members (excludes halogenated alkanes) is 5. The molecule has 42 heavy (non-hydrogen) atoms. The molecule has 9 heteroatoms. The summed E-state index contributed by atoms with van der Waals surface area (Å²) in [6.45, 7) is 13.3. The second-order valence-corrected chi connectivity index (χ2v) is 10.9. The zero-order chi connectivity index (χ0) is 30.6. The summed E-state index contributed by atoms with van der Waals surface area (Å²) in [5, 5.41) is 0. The monoisotopic (exact) mass is 590 g/mol. The number of ketones is 1. The van der Waals surface area contributed by atoms with Gasteiger partial charge in [0.2, 0.25) is 11.6 Å². The first kappa shape index (κ1) is 36.7. The lowest BCUT2D eigenvalue weighted by Gasteiger charge is -2.51. The molecule has 0 saturated carbocycles. The summed E-state index contributed by atoms with van der Waals surface area (Å²) in [5.74, 6) is -1.71. The van der Waals surface area contributed by atoms with Crippen LogP contribution in [0.1, 0.15) is 109 Å². The molecule has 0 aliphatic carbocycles. The fraction of sp³-hybridized carbons (Fsp3) is 0.788. The minimum Gasteiger partial charge on any atom is -0.494 e. The standard InChI is InChI=1S/C33H55BO8/c1-6-11-20-36-25-28-29(38-22-13-8-3)30(39-23-14-9-4)32(40-24-15-10-5)33(41-28,42-34)31(35)26-16-18-27(19-17-26)37-21-12-7-2/h16-19,28-30,32H,6-15,20-25H2,1-5H3/t28-,29-,30+,32-,33-/m1/s1. The summed E-state index contributed by atoms with van der Waals surface area (Å²) in [6, 6.07) is 6.97. The number of carbonyl (C=O) groups is 1. The lowest BCUT2D eigenvalue weighted by Crippen LogP contribution is -2.70. The van der Waals surface area contributed by atoms with Crippen LogP contribution in [0, 0.1) is 0 Å². The van der Waals surface area contributed by atoms with E-state index in [-0.39, 0.29) is 6.61 Å². The van der Waals surface area contributed by atoms with Gasteiger partial charge in [-0.2, -0.15) is 0 Å². The van der Waals surface area contributed by atoms with Crippen LogP contribution in [0.5, 0.6) is 5.75 Å². The smallest absolute Gasteiger partial charge is 0.287 e. The predicted molar refractivity (Wildman–Crippen MR) is 165 cm³/mol. The van der Waals surface area contributed by atoms with Gasteiger partial charge >= 0.3 is 0 Å². The first-order valence-corrected chi connectivity index (χ1v) is 16.3. The SMILES string of the molecule is [B]O[C@@]1(C(=O)c2ccc(OCCCC)cc2)O[C@H](COCCCC)[C@@H](OCCCC)[C@H](OCCCC)[C@H]1OCCCC. The third-order valence-electron chi connectivity index (χ3n) is 7.40. The van der Waals surface area contributed by atoms with Crippen molar-refractivity contribution in [3.8, 4) is 5.75 Å². The van der Waals surface area contributed by atoms with Crippen LogP contribution in [0.15, 0.2) is 24.3 Å². The molecule has 0 spiro atoms. The van der Waals surface area contributed by atoms with E-state index in [1.54, 1.807) is 24.3 Å². The summed E-state index contributed by atoms with van der Waals surface area (Å²) in [6.07, 6.45) is 6.47. The van der Waals surface area contributed by atoms with Gasteiger partial charge in [0.05, 0.1) is 13.2 Å². The van der Waals surface area contributed by atoms with Gasteiger partial charge in [0.25, 0.3) is 8.05 Å². The number of hydrogen-bond donors (Lipinski definition) is 0. The maximum absolute atomic E-state index is 14.3. The maximum Gasteiger partial charge on any atom is 0.287 e. The second-order valence-electron chi connectivity index (χ2n) is 10.9. The van der Waals surface area contributed by atoms with Crippen molar-refractivity contribution < 1.29 is 37.9 Å². The van der Waals surface area contributed by atoms with Gasteiger partial charge in [0.1, 0.15) is 30.2 Å². The zero-order valence-corrected chi connectivity index (χ0v) is 26.8. The molecule has 1 aromatic carbocycles. The molecule has 238 valence electrons. The number of Topliss-reactive ketones (excluding diaryl/α,β-unsaturated/α-hetero) is 1. The van der Waals surface area contributed by atoms with Crippen LogP contribution in [-0.2, 0) is 28.3 Å². The molecule has 1 heterocycles. The first-order valence-electron chi connectivity index (χ1n) is 16.3. The normalized spacial score (nSPS) is 24.1. The van der Waals surface area contributed by atoms with Crippen LogP contribution in [-0.4, -0.2) is 83.7 Å². The Morgan fingerprint density at radius 2 is 1.26 bits per heavy atom. The Kier molecular flexibility index (Phi) is 18.6. The number of rotatable bonds is 24. The minimum atomic E-state index is -1.96. The van der Waals surface area contributed by atoms with Gasteiger partial charge in [-0.15, -0.1) is 0 Å². The average molecular weight is 591 g/mol. The van der Waals surface area contributed by atoms with Crippen LogP contribution in [0.25, 0.3) is 0 Å². The summed E-state index contributed by atoms with van der Waals surface area (Å²) in [5.41, 5.74) is 0.371. The number of hydrogen-bond acceptors (Lipinski definition) is 8. The van der Waals surface area contributed by atoms with Crippen LogP contribution in [0.2, 0.25) is 0 Å².